The molecule has 2 N–H and O–H groups in total. The molecular weight excluding hydrogens is 435 g/mol. The quantitative estimate of drug-likeness (QED) is 0.355. The van der Waals surface area contributed by atoms with Crippen molar-refractivity contribution < 1.29 is 4.74 Å². The van der Waals surface area contributed by atoms with E-state index < -0.39 is 0 Å². The fraction of sp³-hybridized carbons (Fsp3) is 0.941. The van der Waals surface area contributed by atoms with Crippen molar-refractivity contribution in [1.82, 2.24) is 15.5 Å². The molecule has 0 aromatic carbocycles. The number of hydrogen-bond acceptors (Lipinski definition) is 4. The summed E-state index contributed by atoms with van der Waals surface area (Å²) in [5, 5.41) is 7.83. The van der Waals surface area contributed by atoms with E-state index in [1.165, 1.54) is 19.3 Å². The minimum Gasteiger partial charge on any atom is -0.374 e. The van der Waals surface area contributed by atoms with Crippen molar-refractivity contribution in [1.29, 1.82) is 0 Å². The van der Waals surface area contributed by atoms with Crippen LogP contribution in [0.4, 0.5) is 0 Å². The van der Waals surface area contributed by atoms with Gasteiger partial charge in [-0.15, -0.1) is 24.0 Å². The fourth-order valence-corrected chi connectivity index (χ4v) is 4.27. The highest BCUT2D eigenvalue weighted by atomic mass is 127. The first kappa shape index (κ1) is 22.3. The molecule has 2 fully saturated rings. The normalized spacial score (nSPS) is 28.7. The lowest BCUT2D eigenvalue weighted by Crippen LogP contribution is -2.51. The van der Waals surface area contributed by atoms with E-state index in [1.807, 2.05) is 18.8 Å². The summed E-state index contributed by atoms with van der Waals surface area (Å²) < 4.78 is 5.90. The van der Waals surface area contributed by atoms with Crippen molar-refractivity contribution >= 4 is 41.7 Å². The van der Waals surface area contributed by atoms with Gasteiger partial charge < -0.3 is 15.4 Å². The number of morpholine rings is 1. The van der Waals surface area contributed by atoms with Gasteiger partial charge in [0, 0.05) is 44.5 Å². The van der Waals surface area contributed by atoms with Gasteiger partial charge in [-0.3, -0.25) is 9.89 Å². The van der Waals surface area contributed by atoms with Gasteiger partial charge in [0.25, 0.3) is 0 Å². The number of rotatable bonds is 6. The van der Waals surface area contributed by atoms with Gasteiger partial charge >= 0.3 is 0 Å². The zero-order valence-corrected chi connectivity index (χ0v) is 18.7. The first-order valence-corrected chi connectivity index (χ1v) is 10.2. The summed E-state index contributed by atoms with van der Waals surface area (Å²) >= 11 is 1.99. The molecule has 5 nitrogen and oxygen atoms in total. The van der Waals surface area contributed by atoms with Crippen molar-refractivity contribution in [3.63, 3.8) is 0 Å². The number of nitrogens with zero attached hydrogens (tertiary/aromatic N) is 2. The summed E-state index contributed by atoms with van der Waals surface area (Å²) in [7, 11) is 1.85. The lowest BCUT2D eigenvalue weighted by molar-refractivity contribution is -0.0284. The average Bonchev–Trinajstić information content (AvgIpc) is 2.99. The Morgan fingerprint density at radius 2 is 2.17 bits per heavy atom. The molecule has 0 amide bonds. The molecule has 2 rings (SSSR count). The molecule has 1 saturated heterocycles. The summed E-state index contributed by atoms with van der Waals surface area (Å²) in [5.74, 6) is 1.63. The molecule has 1 aliphatic heterocycles. The first-order chi connectivity index (χ1) is 11.1. The number of nitrogens with one attached hydrogen (secondary N) is 2. The molecule has 0 aromatic rings. The molecule has 3 atom stereocenters. The maximum atomic E-state index is 5.90. The molecule has 3 unspecified atom stereocenters. The number of halogens is 1. The summed E-state index contributed by atoms with van der Waals surface area (Å²) in [6.45, 7) is 9.44. The second kappa shape index (κ2) is 11.8. The van der Waals surface area contributed by atoms with Crippen LogP contribution < -0.4 is 10.6 Å². The highest BCUT2D eigenvalue weighted by Crippen LogP contribution is 2.27. The monoisotopic (exact) mass is 470 g/mol. The van der Waals surface area contributed by atoms with Gasteiger partial charge in [0.2, 0.25) is 0 Å². The lowest BCUT2D eigenvalue weighted by atomic mass is 10.2. The molecule has 2 aliphatic rings. The third-order valence-electron chi connectivity index (χ3n) is 4.63. The van der Waals surface area contributed by atoms with E-state index in [-0.39, 0.29) is 30.1 Å². The predicted octanol–water partition coefficient (Wildman–Crippen LogP) is 2.41. The van der Waals surface area contributed by atoms with E-state index in [9.17, 15) is 0 Å². The smallest absolute Gasteiger partial charge is 0.191 e. The maximum absolute atomic E-state index is 5.90. The minimum absolute atomic E-state index is 0. The van der Waals surface area contributed by atoms with Crippen LogP contribution in [-0.2, 0) is 4.74 Å². The lowest BCUT2D eigenvalue weighted by Gasteiger charge is -2.34. The Morgan fingerprint density at radius 3 is 2.79 bits per heavy atom. The molecule has 1 heterocycles. The Hall–Kier alpha value is 0.270. The van der Waals surface area contributed by atoms with Crippen LogP contribution in [0.3, 0.4) is 0 Å². The van der Waals surface area contributed by atoms with Gasteiger partial charge in [0.15, 0.2) is 5.96 Å². The summed E-state index contributed by atoms with van der Waals surface area (Å²) in [6.07, 6.45) is 6.26. The average molecular weight is 470 g/mol. The van der Waals surface area contributed by atoms with Crippen LogP contribution in [0.1, 0.15) is 33.1 Å². The third-order valence-corrected chi connectivity index (χ3v) is 5.72. The van der Waals surface area contributed by atoms with Gasteiger partial charge in [0.1, 0.15) is 0 Å². The largest absolute Gasteiger partial charge is 0.374 e. The Bertz CT molecular complexity index is 384. The van der Waals surface area contributed by atoms with E-state index in [0.29, 0.717) is 12.0 Å². The van der Waals surface area contributed by atoms with E-state index in [0.717, 1.165) is 44.0 Å². The highest BCUT2D eigenvalue weighted by Gasteiger charge is 2.25. The van der Waals surface area contributed by atoms with E-state index in [4.69, 9.17) is 4.74 Å². The Labute approximate surface area is 169 Å². The van der Waals surface area contributed by atoms with Crippen LogP contribution in [0, 0.1) is 5.92 Å². The standard InChI is InChI=1S/C17H34N4OS.HI/c1-13(2)11-21-7-8-22-15(12-21)10-19-17(18-3)20-14-5-6-16(9-14)23-4;/h13-16H,5-12H2,1-4H3,(H2,18,19,20);1H. The Morgan fingerprint density at radius 1 is 1.38 bits per heavy atom. The van der Waals surface area contributed by atoms with Gasteiger partial charge in [-0.25, -0.2) is 0 Å². The van der Waals surface area contributed by atoms with Crippen LogP contribution in [0.2, 0.25) is 0 Å². The highest BCUT2D eigenvalue weighted by molar-refractivity contribution is 14.0. The molecule has 24 heavy (non-hydrogen) atoms. The van der Waals surface area contributed by atoms with Crippen LogP contribution in [0.15, 0.2) is 4.99 Å². The van der Waals surface area contributed by atoms with Gasteiger partial charge in [-0.05, 0) is 31.4 Å². The second-order valence-corrected chi connectivity index (χ2v) is 8.25. The molecule has 0 bridgehead atoms. The van der Waals surface area contributed by atoms with Crippen LogP contribution >= 0.6 is 35.7 Å². The fourth-order valence-electron chi connectivity index (χ4n) is 3.47. The minimum atomic E-state index is 0. The summed E-state index contributed by atoms with van der Waals surface area (Å²) in [5.41, 5.74) is 0. The van der Waals surface area contributed by atoms with Crippen LogP contribution in [-0.4, -0.2) is 74.3 Å². The molecule has 0 radical (unpaired) electrons. The van der Waals surface area contributed by atoms with E-state index >= 15 is 0 Å². The summed E-state index contributed by atoms with van der Waals surface area (Å²) in [4.78, 5) is 6.88. The number of ether oxygens (including phenoxy) is 1. The molecular formula is C17H35IN4OS. The van der Waals surface area contributed by atoms with Gasteiger partial charge in [-0.1, -0.05) is 13.8 Å². The van der Waals surface area contributed by atoms with Crippen LogP contribution in [0.5, 0.6) is 0 Å². The zero-order valence-electron chi connectivity index (χ0n) is 15.6. The third kappa shape index (κ3) is 7.66. The van der Waals surface area contributed by atoms with E-state index in [1.54, 1.807) is 0 Å². The molecule has 142 valence electrons. The van der Waals surface area contributed by atoms with Gasteiger partial charge in [-0.2, -0.15) is 11.8 Å². The van der Waals surface area contributed by atoms with Gasteiger partial charge in [0.05, 0.1) is 12.7 Å². The second-order valence-electron chi connectivity index (χ2n) is 7.11. The van der Waals surface area contributed by atoms with Crippen LogP contribution in [0.25, 0.3) is 0 Å². The number of thioether (sulfide) groups is 1. The van der Waals surface area contributed by atoms with Crippen molar-refractivity contribution in [2.24, 2.45) is 10.9 Å². The molecule has 1 aliphatic carbocycles. The Kier molecular flexibility index (Phi) is 11.0. The van der Waals surface area contributed by atoms with Crippen molar-refractivity contribution in [3.05, 3.63) is 0 Å². The molecule has 0 spiro atoms. The Balaban J connectivity index is 0.00000288. The topological polar surface area (TPSA) is 48.9 Å². The van der Waals surface area contributed by atoms with Crippen molar-refractivity contribution in [2.75, 3.05) is 46.1 Å². The molecule has 0 aromatic heterocycles. The predicted molar refractivity (Wildman–Crippen MR) is 116 cm³/mol. The SMILES string of the molecule is CN=C(NCC1CN(CC(C)C)CCO1)NC1CCC(SC)C1.I. The zero-order chi connectivity index (χ0) is 16.7. The van der Waals surface area contributed by atoms with E-state index in [2.05, 4.69) is 40.6 Å². The van der Waals surface area contributed by atoms with Crippen molar-refractivity contribution in [3.8, 4) is 0 Å². The molecule has 1 saturated carbocycles. The number of hydrogen-bond donors (Lipinski definition) is 2. The number of guanidine groups is 1. The maximum Gasteiger partial charge on any atom is 0.191 e. The van der Waals surface area contributed by atoms with Crippen molar-refractivity contribution in [2.45, 2.75) is 50.5 Å². The molecule has 7 heteroatoms. The summed E-state index contributed by atoms with van der Waals surface area (Å²) in [6, 6.07) is 0.559. The number of aliphatic imine (C=N–C) groups is 1. The first-order valence-electron chi connectivity index (χ1n) is 8.94.